The van der Waals surface area contributed by atoms with Crippen LogP contribution >= 0.6 is 0 Å². The zero-order chi connectivity index (χ0) is 12.0. The molecule has 1 nitrogen and oxygen atoms in total. The average molecular weight is 219 g/mol. The molecule has 0 saturated carbocycles. The van der Waals surface area contributed by atoms with Gasteiger partial charge in [0.2, 0.25) is 0 Å². The van der Waals surface area contributed by atoms with E-state index in [1.54, 1.807) is 0 Å². The average Bonchev–Trinajstić information content (AvgIpc) is 2.28. The number of nitrogens with one attached hydrogen (secondary N) is 1. The Morgan fingerprint density at radius 1 is 1.12 bits per heavy atom. The van der Waals surface area contributed by atoms with Crippen LogP contribution in [0.2, 0.25) is 0 Å². The van der Waals surface area contributed by atoms with Crippen LogP contribution < -0.4 is 5.32 Å². The van der Waals surface area contributed by atoms with Gasteiger partial charge in [0.05, 0.1) is 0 Å². The van der Waals surface area contributed by atoms with Crippen molar-refractivity contribution in [3.8, 4) is 0 Å². The summed E-state index contributed by atoms with van der Waals surface area (Å²) in [4.78, 5) is 0. The van der Waals surface area contributed by atoms with Gasteiger partial charge in [-0.25, -0.2) is 0 Å². The predicted octanol–water partition coefficient (Wildman–Crippen LogP) is 3.97. The zero-order valence-corrected chi connectivity index (χ0v) is 11.1. The number of aryl methyl sites for hydroxylation is 2. The summed E-state index contributed by atoms with van der Waals surface area (Å²) in [5.41, 5.74) is 4.17. The van der Waals surface area contributed by atoms with Crippen LogP contribution in [0.4, 0.5) is 0 Å². The molecule has 0 heterocycles. The summed E-state index contributed by atoms with van der Waals surface area (Å²) in [5, 5.41) is 3.63. The van der Waals surface area contributed by atoms with Crippen LogP contribution in [-0.4, -0.2) is 6.04 Å². The van der Waals surface area contributed by atoms with E-state index in [9.17, 15) is 0 Å². The smallest absolute Gasteiger partial charge is 0.0208 e. The first-order valence-electron chi connectivity index (χ1n) is 6.46. The zero-order valence-electron chi connectivity index (χ0n) is 11.1. The first-order chi connectivity index (χ1) is 7.67. The van der Waals surface area contributed by atoms with E-state index >= 15 is 0 Å². The van der Waals surface area contributed by atoms with Crippen molar-refractivity contribution < 1.29 is 0 Å². The maximum Gasteiger partial charge on any atom is 0.0208 e. The lowest BCUT2D eigenvalue weighted by Gasteiger charge is -2.16. The van der Waals surface area contributed by atoms with Crippen LogP contribution in [0.5, 0.6) is 0 Å². The van der Waals surface area contributed by atoms with Gasteiger partial charge in [-0.05, 0) is 43.4 Å². The van der Waals surface area contributed by atoms with E-state index in [1.807, 2.05) is 0 Å². The van der Waals surface area contributed by atoms with Crippen molar-refractivity contribution in [1.82, 2.24) is 5.32 Å². The molecule has 0 radical (unpaired) electrons. The van der Waals surface area contributed by atoms with Gasteiger partial charge >= 0.3 is 0 Å². The highest BCUT2D eigenvalue weighted by atomic mass is 14.9. The molecule has 16 heavy (non-hydrogen) atoms. The van der Waals surface area contributed by atoms with Crippen LogP contribution in [0.1, 0.15) is 49.8 Å². The van der Waals surface area contributed by atoms with Crippen molar-refractivity contribution in [2.45, 2.75) is 59.5 Å². The number of benzene rings is 1. The fourth-order valence-corrected chi connectivity index (χ4v) is 1.97. The van der Waals surface area contributed by atoms with E-state index in [1.165, 1.54) is 36.0 Å². The molecule has 0 aliphatic heterocycles. The summed E-state index contributed by atoms with van der Waals surface area (Å²) in [6.45, 7) is 9.86. The van der Waals surface area contributed by atoms with Crippen molar-refractivity contribution in [2.24, 2.45) is 0 Å². The van der Waals surface area contributed by atoms with Gasteiger partial charge < -0.3 is 5.32 Å². The van der Waals surface area contributed by atoms with Crippen LogP contribution in [0, 0.1) is 13.8 Å². The highest BCUT2D eigenvalue weighted by molar-refractivity contribution is 5.29. The maximum atomic E-state index is 3.63. The Hall–Kier alpha value is -0.820. The Balaban J connectivity index is 2.50. The summed E-state index contributed by atoms with van der Waals surface area (Å²) in [5.74, 6) is 0. The largest absolute Gasteiger partial charge is 0.310 e. The normalized spacial score (nSPS) is 12.8. The molecule has 0 fully saturated rings. The first-order valence-corrected chi connectivity index (χ1v) is 6.46. The quantitative estimate of drug-likeness (QED) is 0.763. The Kier molecular flexibility index (Phi) is 5.54. The van der Waals surface area contributed by atoms with Gasteiger partial charge in [0.25, 0.3) is 0 Å². The number of rotatable bonds is 6. The molecule has 0 aliphatic carbocycles. The van der Waals surface area contributed by atoms with Gasteiger partial charge in [-0.1, -0.05) is 38.5 Å². The SMILES string of the molecule is CCCC(CC)NCc1ccc(C)c(C)c1. The third kappa shape index (κ3) is 3.97. The van der Waals surface area contributed by atoms with E-state index in [-0.39, 0.29) is 0 Å². The molecular weight excluding hydrogens is 194 g/mol. The molecule has 1 N–H and O–H groups in total. The minimum absolute atomic E-state index is 0.673. The lowest BCUT2D eigenvalue weighted by molar-refractivity contribution is 0.462. The van der Waals surface area contributed by atoms with Crippen molar-refractivity contribution in [3.05, 3.63) is 34.9 Å². The third-order valence-electron chi connectivity index (χ3n) is 3.30. The van der Waals surface area contributed by atoms with Gasteiger partial charge in [0, 0.05) is 12.6 Å². The van der Waals surface area contributed by atoms with Gasteiger partial charge in [-0.2, -0.15) is 0 Å². The second kappa shape index (κ2) is 6.70. The summed E-state index contributed by atoms with van der Waals surface area (Å²) in [7, 11) is 0. The first kappa shape index (κ1) is 13.2. The third-order valence-corrected chi connectivity index (χ3v) is 3.30. The molecule has 1 aromatic carbocycles. The summed E-state index contributed by atoms with van der Waals surface area (Å²) >= 11 is 0. The molecule has 0 saturated heterocycles. The fraction of sp³-hybridized carbons (Fsp3) is 0.600. The molecule has 1 atom stereocenters. The highest BCUT2D eigenvalue weighted by Gasteiger charge is 2.04. The fourth-order valence-electron chi connectivity index (χ4n) is 1.97. The van der Waals surface area contributed by atoms with E-state index in [2.05, 4.69) is 51.2 Å². The molecule has 0 aromatic heterocycles. The lowest BCUT2D eigenvalue weighted by atomic mass is 10.1. The van der Waals surface area contributed by atoms with E-state index < -0.39 is 0 Å². The molecule has 0 spiro atoms. The Labute approximate surface area is 100 Å². The monoisotopic (exact) mass is 219 g/mol. The van der Waals surface area contributed by atoms with E-state index in [4.69, 9.17) is 0 Å². The van der Waals surface area contributed by atoms with Crippen molar-refractivity contribution >= 4 is 0 Å². The Morgan fingerprint density at radius 2 is 1.88 bits per heavy atom. The summed E-state index contributed by atoms with van der Waals surface area (Å²) < 4.78 is 0. The van der Waals surface area contributed by atoms with Crippen molar-refractivity contribution in [2.75, 3.05) is 0 Å². The molecular formula is C15H25N. The Morgan fingerprint density at radius 3 is 2.44 bits per heavy atom. The van der Waals surface area contributed by atoms with E-state index in [0.29, 0.717) is 6.04 Å². The van der Waals surface area contributed by atoms with Gasteiger partial charge in [0.15, 0.2) is 0 Å². The predicted molar refractivity (Wildman–Crippen MR) is 71.7 cm³/mol. The molecule has 1 unspecified atom stereocenters. The molecule has 1 aromatic rings. The van der Waals surface area contributed by atoms with Crippen LogP contribution in [0.15, 0.2) is 18.2 Å². The topological polar surface area (TPSA) is 12.0 Å². The van der Waals surface area contributed by atoms with Crippen molar-refractivity contribution in [1.29, 1.82) is 0 Å². The second-order valence-corrected chi connectivity index (χ2v) is 4.69. The van der Waals surface area contributed by atoms with Gasteiger partial charge in [-0.3, -0.25) is 0 Å². The van der Waals surface area contributed by atoms with Gasteiger partial charge in [-0.15, -0.1) is 0 Å². The van der Waals surface area contributed by atoms with E-state index in [0.717, 1.165) is 6.54 Å². The number of hydrogen-bond acceptors (Lipinski definition) is 1. The minimum atomic E-state index is 0.673. The summed E-state index contributed by atoms with van der Waals surface area (Å²) in [6.07, 6.45) is 3.76. The second-order valence-electron chi connectivity index (χ2n) is 4.69. The molecule has 0 bridgehead atoms. The maximum absolute atomic E-state index is 3.63. The standard InChI is InChI=1S/C15H25N/c1-5-7-15(6-2)16-11-14-9-8-12(3)13(4)10-14/h8-10,15-16H,5-7,11H2,1-4H3. The van der Waals surface area contributed by atoms with Gasteiger partial charge in [0.1, 0.15) is 0 Å². The highest BCUT2D eigenvalue weighted by Crippen LogP contribution is 2.10. The molecule has 0 aliphatic rings. The van der Waals surface area contributed by atoms with Crippen LogP contribution in [0.3, 0.4) is 0 Å². The minimum Gasteiger partial charge on any atom is -0.310 e. The molecule has 1 rings (SSSR count). The number of hydrogen-bond donors (Lipinski definition) is 1. The molecule has 90 valence electrons. The van der Waals surface area contributed by atoms with Crippen LogP contribution in [-0.2, 0) is 6.54 Å². The van der Waals surface area contributed by atoms with Crippen molar-refractivity contribution in [3.63, 3.8) is 0 Å². The van der Waals surface area contributed by atoms with Crippen LogP contribution in [0.25, 0.3) is 0 Å². The molecule has 1 heteroatoms. The Bertz CT molecular complexity index is 317. The lowest BCUT2D eigenvalue weighted by Crippen LogP contribution is -2.27. The molecule has 0 amide bonds. The summed E-state index contributed by atoms with van der Waals surface area (Å²) in [6, 6.07) is 7.41.